The number of anilines is 2. The first-order valence-corrected chi connectivity index (χ1v) is 16.6. The van der Waals surface area contributed by atoms with Gasteiger partial charge in [0.05, 0.1) is 23.8 Å². The van der Waals surface area contributed by atoms with Crippen LogP contribution < -0.4 is 9.80 Å². The van der Waals surface area contributed by atoms with E-state index >= 15 is 0 Å². The molecule has 274 valence electrons. The molecule has 0 atom stereocenters. The first-order valence-electron chi connectivity index (χ1n) is 16.6. The van der Waals surface area contributed by atoms with Gasteiger partial charge in [-0.05, 0) is 25.7 Å². The smallest absolute Gasteiger partial charge is 0.341 e. The summed E-state index contributed by atoms with van der Waals surface area (Å²) in [5.41, 5.74) is 2.09. The number of aromatic nitrogens is 10. The summed E-state index contributed by atoms with van der Waals surface area (Å²) in [6, 6.07) is 1.74. The molecule has 5 aromatic heterocycles. The summed E-state index contributed by atoms with van der Waals surface area (Å²) >= 11 is 0. The molecule has 0 unspecified atom stereocenters. The fourth-order valence-corrected chi connectivity index (χ4v) is 5.41. The number of rotatable bonds is 16. The minimum absolute atomic E-state index is 0.0728. The highest BCUT2D eigenvalue weighted by Gasteiger charge is 2.26. The van der Waals surface area contributed by atoms with E-state index in [9.17, 15) is 19.8 Å². The van der Waals surface area contributed by atoms with Gasteiger partial charge in [-0.1, -0.05) is 26.7 Å². The second-order valence-corrected chi connectivity index (χ2v) is 12.3. The maximum atomic E-state index is 11.8. The minimum atomic E-state index is -1.16. The van der Waals surface area contributed by atoms with Crippen LogP contribution in [-0.4, -0.2) is 99.4 Å². The van der Waals surface area contributed by atoms with Gasteiger partial charge in [-0.3, -0.25) is 0 Å². The lowest BCUT2D eigenvalue weighted by molar-refractivity contribution is 0.0686. The van der Waals surface area contributed by atoms with E-state index in [2.05, 4.69) is 54.5 Å². The molecule has 0 spiro atoms. The summed E-state index contributed by atoms with van der Waals surface area (Å²) in [6.45, 7) is 4.15. The maximum absolute atomic E-state index is 11.8. The van der Waals surface area contributed by atoms with Crippen LogP contribution in [0.4, 0.5) is 34.6 Å². The number of hydrogen-bond donors (Lipinski definition) is 2. The number of carboxylic acids is 2. The molecule has 5 heterocycles. The number of carboxylic acid groups (broad SMARTS) is 2. The zero-order valence-electron chi connectivity index (χ0n) is 30.4. The second kappa shape index (κ2) is 15.7. The van der Waals surface area contributed by atoms with Gasteiger partial charge in [-0.2, -0.15) is 29.8 Å². The van der Waals surface area contributed by atoms with Crippen LogP contribution in [-0.2, 0) is 26.9 Å². The minimum Gasteiger partial charge on any atom is -0.477 e. The van der Waals surface area contributed by atoms with Crippen LogP contribution in [0.25, 0.3) is 11.6 Å². The van der Waals surface area contributed by atoms with Crippen LogP contribution in [0.15, 0.2) is 45.2 Å². The van der Waals surface area contributed by atoms with Crippen molar-refractivity contribution in [2.24, 2.45) is 34.6 Å². The predicted molar refractivity (Wildman–Crippen MR) is 191 cm³/mol. The molecule has 20 nitrogen and oxygen atoms in total. The summed E-state index contributed by atoms with van der Waals surface area (Å²) in [6.07, 6.45) is 8.54. The molecule has 52 heavy (non-hydrogen) atoms. The van der Waals surface area contributed by atoms with E-state index < -0.39 is 11.9 Å². The van der Waals surface area contributed by atoms with Gasteiger partial charge in [0.2, 0.25) is 0 Å². The summed E-state index contributed by atoms with van der Waals surface area (Å²) < 4.78 is 6.01. The fourth-order valence-electron chi connectivity index (χ4n) is 5.41. The number of nitrogens with zero attached hydrogens (tertiary/aromatic N) is 16. The van der Waals surface area contributed by atoms with Gasteiger partial charge in [0.25, 0.3) is 0 Å². The van der Waals surface area contributed by atoms with E-state index in [0.717, 1.165) is 25.7 Å². The SMILES string of the molecule is CCCCc1nn(-c2cc(-n3nc(CCCC)c(/N=N/c4c(C(=O)O)cnn4C)c3N(C)C)ncn2)c(N(C)C)c1/N=N/c1c(C(=O)O)cnn1C. The van der Waals surface area contributed by atoms with Crippen molar-refractivity contribution in [2.75, 3.05) is 38.0 Å². The molecular weight excluding hydrogens is 672 g/mol. The molecule has 2 N–H and O–H groups in total. The zero-order valence-corrected chi connectivity index (χ0v) is 30.4. The van der Waals surface area contributed by atoms with Gasteiger partial charge in [-0.25, -0.2) is 28.9 Å². The van der Waals surface area contributed by atoms with E-state index in [4.69, 9.17) is 10.2 Å². The Bertz CT molecular complexity index is 1990. The molecular formula is C32H42N16O4. The molecule has 0 aliphatic carbocycles. The van der Waals surface area contributed by atoms with Gasteiger partial charge >= 0.3 is 11.9 Å². The second-order valence-electron chi connectivity index (χ2n) is 12.3. The van der Waals surface area contributed by atoms with Crippen molar-refractivity contribution in [1.82, 2.24) is 49.1 Å². The molecule has 5 aromatic rings. The Labute approximate surface area is 299 Å². The highest BCUT2D eigenvalue weighted by molar-refractivity contribution is 5.92. The van der Waals surface area contributed by atoms with Crippen LogP contribution in [0.1, 0.15) is 71.6 Å². The summed E-state index contributed by atoms with van der Waals surface area (Å²) in [4.78, 5) is 36.4. The van der Waals surface area contributed by atoms with E-state index in [-0.39, 0.29) is 22.8 Å². The lowest BCUT2D eigenvalue weighted by atomic mass is 10.2. The Morgan fingerprint density at radius 1 is 0.692 bits per heavy atom. The Balaban J connectivity index is 1.66. The third-order valence-electron chi connectivity index (χ3n) is 8.03. The van der Waals surface area contributed by atoms with Crippen LogP contribution in [0.3, 0.4) is 0 Å². The Hall–Kier alpha value is -6.34. The van der Waals surface area contributed by atoms with Gasteiger partial charge in [0, 0.05) is 48.4 Å². The molecule has 0 saturated heterocycles. The first-order chi connectivity index (χ1) is 24.9. The zero-order chi connectivity index (χ0) is 37.7. The molecule has 0 saturated carbocycles. The van der Waals surface area contributed by atoms with Crippen LogP contribution in [0.2, 0.25) is 0 Å². The Morgan fingerprint density at radius 2 is 1.10 bits per heavy atom. The topological polar surface area (TPSA) is 228 Å². The normalized spacial score (nSPS) is 11.7. The largest absolute Gasteiger partial charge is 0.477 e. The molecule has 0 aliphatic rings. The van der Waals surface area contributed by atoms with Gasteiger partial charge in [0.1, 0.15) is 17.5 Å². The lowest BCUT2D eigenvalue weighted by Crippen LogP contribution is -2.17. The summed E-state index contributed by atoms with van der Waals surface area (Å²) in [5.74, 6) is -0.167. The number of unbranched alkanes of at least 4 members (excludes halogenated alkanes) is 2. The average Bonchev–Trinajstić information content (AvgIpc) is 3.87. The number of aromatic carboxylic acids is 2. The first kappa shape index (κ1) is 36.9. The van der Waals surface area contributed by atoms with Gasteiger partial charge in [0.15, 0.2) is 46.3 Å². The van der Waals surface area contributed by atoms with Crippen molar-refractivity contribution in [3.8, 4) is 11.6 Å². The molecule has 0 bridgehead atoms. The van der Waals surface area contributed by atoms with Crippen molar-refractivity contribution >= 4 is 46.6 Å². The maximum Gasteiger partial charge on any atom is 0.341 e. The van der Waals surface area contributed by atoms with E-state index in [1.165, 1.54) is 28.1 Å². The van der Waals surface area contributed by atoms with Crippen LogP contribution in [0, 0.1) is 0 Å². The lowest BCUT2D eigenvalue weighted by Gasteiger charge is -2.17. The van der Waals surface area contributed by atoms with Crippen LogP contribution >= 0.6 is 0 Å². The van der Waals surface area contributed by atoms with Crippen molar-refractivity contribution < 1.29 is 19.8 Å². The quantitative estimate of drug-likeness (QED) is 0.123. The molecule has 20 heteroatoms. The summed E-state index contributed by atoms with van der Waals surface area (Å²) in [7, 11) is 10.6. The number of aryl methyl sites for hydroxylation is 4. The van der Waals surface area contributed by atoms with E-state index in [1.807, 2.05) is 38.0 Å². The fraction of sp³-hybridized carbons (Fsp3) is 0.438. The third kappa shape index (κ3) is 7.39. The van der Waals surface area contributed by atoms with E-state index in [1.54, 1.807) is 29.5 Å². The average molecular weight is 715 g/mol. The molecule has 0 amide bonds. The third-order valence-corrected chi connectivity index (χ3v) is 8.03. The van der Waals surface area contributed by atoms with Crippen LogP contribution in [0.5, 0.6) is 0 Å². The monoisotopic (exact) mass is 714 g/mol. The molecule has 5 rings (SSSR count). The highest BCUT2D eigenvalue weighted by atomic mass is 16.4. The number of hydrogen-bond acceptors (Lipinski definition) is 14. The molecule has 0 fully saturated rings. The van der Waals surface area contributed by atoms with Gasteiger partial charge < -0.3 is 20.0 Å². The van der Waals surface area contributed by atoms with E-state index in [0.29, 0.717) is 58.9 Å². The predicted octanol–water partition coefficient (Wildman–Crippen LogP) is 5.36. The van der Waals surface area contributed by atoms with Gasteiger partial charge in [-0.15, -0.1) is 20.5 Å². The molecule has 0 aromatic carbocycles. The van der Waals surface area contributed by atoms with Crippen molar-refractivity contribution in [3.63, 3.8) is 0 Å². The number of azo groups is 2. The molecule has 0 radical (unpaired) electrons. The van der Waals surface area contributed by atoms with Crippen molar-refractivity contribution in [3.05, 3.63) is 47.3 Å². The Morgan fingerprint density at radius 3 is 1.44 bits per heavy atom. The Kier molecular flexibility index (Phi) is 11.1. The standard InChI is InChI=1S/C32H42N16O4/c1-9-11-13-21-25(37-39-27-19(31(49)50)16-35-45(27)7)29(43(3)4)47(41-21)23-15-24(34-18-33-23)48-30(44(5)6)26(22(42-48)14-12-10-2)38-40-28-20(32(51)52)17-36-46(28)8/h15-18H,9-14H2,1-8H3,(H,49,50)(H,51,52)/b39-37+,40-38+. The highest BCUT2D eigenvalue weighted by Crippen LogP contribution is 2.38. The van der Waals surface area contributed by atoms with Crippen molar-refractivity contribution in [2.45, 2.75) is 52.4 Å². The van der Waals surface area contributed by atoms with Crippen molar-refractivity contribution in [1.29, 1.82) is 0 Å². The number of carbonyl (C=O) groups is 2. The molecule has 0 aliphatic heterocycles. The summed E-state index contributed by atoms with van der Waals surface area (Å²) in [5, 5.41) is 55.0.